The SMILES string of the molecule is CCc1nc(I)c2n1CCNC2CCc1ccc(OC(F)F)c(F)c1. The lowest BCUT2D eigenvalue weighted by molar-refractivity contribution is -0.0522. The van der Waals surface area contributed by atoms with Crippen molar-refractivity contribution < 1.29 is 17.9 Å². The van der Waals surface area contributed by atoms with Crippen molar-refractivity contribution in [3.05, 3.63) is 44.8 Å². The predicted octanol–water partition coefficient (Wildman–Crippen LogP) is 4.07. The van der Waals surface area contributed by atoms with Crippen LogP contribution in [0.25, 0.3) is 0 Å². The van der Waals surface area contributed by atoms with Crippen LogP contribution in [0.3, 0.4) is 0 Å². The van der Waals surface area contributed by atoms with E-state index in [4.69, 9.17) is 0 Å². The average Bonchev–Trinajstić information content (AvgIpc) is 2.92. The molecule has 8 heteroatoms. The summed E-state index contributed by atoms with van der Waals surface area (Å²) in [4.78, 5) is 4.63. The fourth-order valence-electron chi connectivity index (χ4n) is 3.22. The van der Waals surface area contributed by atoms with E-state index in [-0.39, 0.29) is 6.04 Å². The number of aromatic nitrogens is 2. The summed E-state index contributed by atoms with van der Waals surface area (Å²) in [7, 11) is 0. The van der Waals surface area contributed by atoms with E-state index < -0.39 is 18.2 Å². The number of aryl methyl sites for hydroxylation is 2. The molecule has 3 rings (SSSR count). The Morgan fingerprint density at radius 2 is 2.24 bits per heavy atom. The fourth-order valence-corrected chi connectivity index (χ4v) is 4.17. The first-order chi connectivity index (χ1) is 12.0. The van der Waals surface area contributed by atoms with Crippen LogP contribution in [-0.4, -0.2) is 22.7 Å². The van der Waals surface area contributed by atoms with Crippen LogP contribution in [0.2, 0.25) is 0 Å². The van der Waals surface area contributed by atoms with Gasteiger partial charge in [-0.3, -0.25) is 0 Å². The summed E-state index contributed by atoms with van der Waals surface area (Å²) in [6.45, 7) is 0.836. The van der Waals surface area contributed by atoms with Crippen molar-refractivity contribution >= 4 is 22.6 Å². The Morgan fingerprint density at radius 1 is 1.44 bits per heavy atom. The number of nitrogens with zero attached hydrogens (tertiary/aromatic N) is 2. The van der Waals surface area contributed by atoms with Crippen LogP contribution in [0.1, 0.15) is 36.5 Å². The number of hydrogen-bond acceptors (Lipinski definition) is 3. The first-order valence-electron chi connectivity index (χ1n) is 8.21. The average molecular weight is 465 g/mol. The lowest BCUT2D eigenvalue weighted by Gasteiger charge is -2.27. The van der Waals surface area contributed by atoms with Gasteiger partial charge in [-0.1, -0.05) is 13.0 Å². The molecule has 25 heavy (non-hydrogen) atoms. The zero-order valence-electron chi connectivity index (χ0n) is 13.7. The second-order valence-corrected chi connectivity index (χ2v) is 6.92. The maximum Gasteiger partial charge on any atom is 0.387 e. The van der Waals surface area contributed by atoms with Crippen LogP contribution in [0, 0.1) is 9.52 Å². The lowest BCUT2D eigenvalue weighted by atomic mass is 10.0. The molecule has 1 atom stereocenters. The second kappa shape index (κ2) is 7.94. The standard InChI is InChI=1S/C17H19F3IN3O/c1-2-14-23-16(21)15-12(22-7-8-24(14)15)5-3-10-4-6-13(11(18)9-10)25-17(19)20/h4,6,9,12,17,22H,2-3,5,7-8H2,1H3. The van der Waals surface area contributed by atoms with E-state index in [0.717, 1.165) is 41.0 Å². The Balaban J connectivity index is 1.71. The molecule has 1 aliphatic heterocycles. The summed E-state index contributed by atoms with van der Waals surface area (Å²) in [5.74, 6) is -0.0949. The van der Waals surface area contributed by atoms with Gasteiger partial charge in [0.1, 0.15) is 9.53 Å². The van der Waals surface area contributed by atoms with Crippen LogP contribution in [0.15, 0.2) is 18.2 Å². The monoisotopic (exact) mass is 465 g/mol. The number of rotatable bonds is 6. The molecule has 1 N–H and O–H groups in total. The maximum absolute atomic E-state index is 13.8. The molecular weight excluding hydrogens is 446 g/mol. The molecule has 1 unspecified atom stereocenters. The van der Waals surface area contributed by atoms with Gasteiger partial charge in [0.25, 0.3) is 0 Å². The molecule has 2 heterocycles. The van der Waals surface area contributed by atoms with Crippen molar-refractivity contribution in [2.45, 2.75) is 45.4 Å². The molecule has 0 bridgehead atoms. The smallest absolute Gasteiger partial charge is 0.387 e. The maximum atomic E-state index is 13.8. The molecule has 0 saturated carbocycles. The first kappa shape index (κ1) is 18.5. The minimum atomic E-state index is -3.03. The van der Waals surface area contributed by atoms with Crippen LogP contribution in [-0.2, 0) is 19.4 Å². The fraction of sp³-hybridized carbons (Fsp3) is 0.471. The first-order valence-corrected chi connectivity index (χ1v) is 9.29. The molecule has 1 aromatic carbocycles. The summed E-state index contributed by atoms with van der Waals surface area (Å²) in [6, 6.07) is 4.30. The Kier molecular flexibility index (Phi) is 5.88. The summed E-state index contributed by atoms with van der Waals surface area (Å²) in [5.41, 5.74) is 1.94. The van der Waals surface area contributed by atoms with Crippen LogP contribution in [0.4, 0.5) is 13.2 Å². The molecule has 1 aliphatic rings. The largest absolute Gasteiger partial charge is 0.432 e. The van der Waals surface area contributed by atoms with Gasteiger partial charge in [0, 0.05) is 19.5 Å². The number of imidazole rings is 1. The predicted molar refractivity (Wildman–Crippen MR) is 96.4 cm³/mol. The zero-order chi connectivity index (χ0) is 18.0. The molecule has 2 aromatic rings. The molecular formula is C17H19F3IN3O. The van der Waals surface area contributed by atoms with Gasteiger partial charge in [-0.05, 0) is 53.1 Å². The van der Waals surface area contributed by atoms with E-state index in [2.05, 4.69) is 49.1 Å². The molecule has 0 spiro atoms. The Labute approximate surface area is 157 Å². The topological polar surface area (TPSA) is 39.1 Å². The van der Waals surface area contributed by atoms with E-state index in [1.165, 1.54) is 17.8 Å². The third-order valence-electron chi connectivity index (χ3n) is 4.35. The van der Waals surface area contributed by atoms with Gasteiger partial charge in [0.05, 0.1) is 11.7 Å². The van der Waals surface area contributed by atoms with Gasteiger partial charge >= 0.3 is 6.61 Å². The molecule has 0 radical (unpaired) electrons. The molecule has 136 valence electrons. The highest BCUT2D eigenvalue weighted by molar-refractivity contribution is 14.1. The number of ether oxygens (including phenoxy) is 1. The van der Waals surface area contributed by atoms with Gasteiger partial charge in [0.15, 0.2) is 11.6 Å². The molecule has 0 saturated heterocycles. The van der Waals surface area contributed by atoms with Crippen molar-refractivity contribution in [1.82, 2.24) is 14.9 Å². The van der Waals surface area contributed by atoms with E-state index in [0.29, 0.717) is 6.42 Å². The van der Waals surface area contributed by atoms with Gasteiger partial charge in [-0.15, -0.1) is 0 Å². The van der Waals surface area contributed by atoms with Crippen LogP contribution < -0.4 is 10.1 Å². The Hall–Kier alpha value is -1.29. The molecule has 4 nitrogen and oxygen atoms in total. The summed E-state index contributed by atoms with van der Waals surface area (Å²) in [6.07, 6.45) is 2.30. The number of nitrogens with one attached hydrogen (secondary N) is 1. The van der Waals surface area contributed by atoms with E-state index in [1.807, 2.05) is 0 Å². The lowest BCUT2D eigenvalue weighted by Crippen LogP contribution is -2.34. The highest BCUT2D eigenvalue weighted by Crippen LogP contribution is 2.29. The second-order valence-electron chi connectivity index (χ2n) is 5.90. The summed E-state index contributed by atoms with van der Waals surface area (Å²) < 4.78 is 45.6. The number of benzene rings is 1. The zero-order valence-corrected chi connectivity index (χ0v) is 15.9. The Bertz CT molecular complexity index is 751. The van der Waals surface area contributed by atoms with Gasteiger partial charge in [-0.25, -0.2) is 9.37 Å². The van der Waals surface area contributed by atoms with Gasteiger partial charge < -0.3 is 14.6 Å². The van der Waals surface area contributed by atoms with Crippen molar-refractivity contribution in [2.75, 3.05) is 6.54 Å². The number of fused-ring (bicyclic) bond motifs is 1. The van der Waals surface area contributed by atoms with Crippen LogP contribution in [0.5, 0.6) is 5.75 Å². The van der Waals surface area contributed by atoms with E-state index in [1.54, 1.807) is 6.07 Å². The summed E-state index contributed by atoms with van der Waals surface area (Å²) in [5, 5.41) is 3.49. The summed E-state index contributed by atoms with van der Waals surface area (Å²) >= 11 is 2.26. The third kappa shape index (κ3) is 4.11. The molecule has 0 aliphatic carbocycles. The molecule has 1 aromatic heterocycles. The van der Waals surface area contributed by atoms with Crippen molar-refractivity contribution in [2.24, 2.45) is 0 Å². The van der Waals surface area contributed by atoms with Crippen molar-refractivity contribution in [1.29, 1.82) is 0 Å². The highest BCUT2D eigenvalue weighted by atomic mass is 127. The van der Waals surface area contributed by atoms with Crippen molar-refractivity contribution in [3.63, 3.8) is 0 Å². The minimum absolute atomic E-state index is 0.147. The highest BCUT2D eigenvalue weighted by Gasteiger charge is 2.26. The van der Waals surface area contributed by atoms with Crippen LogP contribution >= 0.6 is 22.6 Å². The quantitative estimate of drug-likeness (QED) is 0.655. The Morgan fingerprint density at radius 3 is 2.92 bits per heavy atom. The number of hydrogen-bond donors (Lipinski definition) is 1. The molecule has 0 fully saturated rings. The number of alkyl halides is 2. The number of halogens is 4. The normalized spacial score (nSPS) is 17.0. The molecule has 0 amide bonds. The van der Waals surface area contributed by atoms with Gasteiger partial charge in [0.2, 0.25) is 0 Å². The van der Waals surface area contributed by atoms with Crippen molar-refractivity contribution in [3.8, 4) is 5.75 Å². The van der Waals surface area contributed by atoms with E-state index in [9.17, 15) is 13.2 Å². The van der Waals surface area contributed by atoms with E-state index >= 15 is 0 Å². The minimum Gasteiger partial charge on any atom is -0.432 e. The van der Waals surface area contributed by atoms with Gasteiger partial charge in [-0.2, -0.15) is 8.78 Å². The third-order valence-corrected chi connectivity index (χ3v) is 5.14.